The fourth-order valence-electron chi connectivity index (χ4n) is 4.39. The van der Waals surface area contributed by atoms with E-state index in [4.69, 9.17) is 15.2 Å². The van der Waals surface area contributed by atoms with Gasteiger partial charge in [0, 0.05) is 35.8 Å². The highest BCUT2D eigenvalue weighted by molar-refractivity contribution is 5.92. The number of hydrogen-bond acceptors (Lipinski definition) is 7. The number of pyridine rings is 1. The Morgan fingerprint density at radius 1 is 0.972 bits per heavy atom. The molecule has 36 heavy (non-hydrogen) atoms. The maximum Gasteiger partial charge on any atom is 0.404 e. The molecule has 1 atom stereocenters. The second kappa shape index (κ2) is 11.5. The highest BCUT2D eigenvalue weighted by atomic mass is 16.6. The van der Waals surface area contributed by atoms with Crippen LogP contribution < -0.4 is 20.7 Å². The van der Waals surface area contributed by atoms with Gasteiger partial charge in [-0.1, -0.05) is 30.3 Å². The van der Waals surface area contributed by atoms with Crippen LogP contribution in [0.1, 0.15) is 44.2 Å². The molecule has 1 unspecified atom stereocenters. The van der Waals surface area contributed by atoms with E-state index < -0.39 is 6.09 Å². The molecule has 0 aliphatic heterocycles. The second-order valence-corrected chi connectivity index (χ2v) is 8.68. The molecule has 188 valence electrons. The predicted molar refractivity (Wildman–Crippen MR) is 134 cm³/mol. The van der Waals surface area contributed by atoms with Crippen molar-refractivity contribution in [3.8, 4) is 17.1 Å². The zero-order valence-corrected chi connectivity index (χ0v) is 20.3. The first-order valence-electron chi connectivity index (χ1n) is 11.9. The van der Waals surface area contributed by atoms with Gasteiger partial charge in [-0.25, -0.2) is 24.5 Å². The lowest BCUT2D eigenvalue weighted by Crippen LogP contribution is -2.49. The van der Waals surface area contributed by atoms with Gasteiger partial charge in [-0.15, -0.1) is 0 Å². The van der Waals surface area contributed by atoms with Crippen molar-refractivity contribution in [3.05, 3.63) is 66.6 Å². The van der Waals surface area contributed by atoms with Crippen LogP contribution in [0, 0.1) is 0 Å². The molecule has 10 nitrogen and oxygen atoms in total. The number of carbonyl (C=O) groups is 2. The molecule has 0 saturated heterocycles. The highest BCUT2D eigenvalue weighted by Crippen LogP contribution is 2.30. The molecule has 10 heteroatoms. The van der Waals surface area contributed by atoms with Crippen LogP contribution in [0.3, 0.4) is 0 Å². The van der Waals surface area contributed by atoms with Crippen molar-refractivity contribution in [1.29, 1.82) is 0 Å². The van der Waals surface area contributed by atoms with Crippen molar-refractivity contribution >= 4 is 17.9 Å². The Labute approximate surface area is 209 Å². The Morgan fingerprint density at radius 2 is 1.64 bits per heavy atom. The first-order valence-corrected chi connectivity index (χ1v) is 11.9. The number of benzene rings is 1. The van der Waals surface area contributed by atoms with Gasteiger partial charge in [0.25, 0.3) is 0 Å². The number of methoxy groups -OCH3 is 1. The molecule has 3 amide bonds. The van der Waals surface area contributed by atoms with E-state index in [-0.39, 0.29) is 30.2 Å². The lowest BCUT2D eigenvalue weighted by atomic mass is 9.91. The van der Waals surface area contributed by atoms with Gasteiger partial charge >= 0.3 is 18.1 Å². The number of amides is 3. The number of primary amides is 1. The Hall–Kier alpha value is -4.21. The number of anilines is 1. The molecule has 1 saturated carbocycles. The lowest BCUT2D eigenvalue weighted by Gasteiger charge is -2.36. The van der Waals surface area contributed by atoms with Crippen LogP contribution in [0.5, 0.6) is 6.01 Å². The van der Waals surface area contributed by atoms with E-state index in [9.17, 15) is 9.59 Å². The zero-order valence-electron chi connectivity index (χ0n) is 20.3. The minimum atomic E-state index is -0.774. The largest absolute Gasteiger partial charge is 0.467 e. The molecule has 1 aliphatic carbocycles. The van der Waals surface area contributed by atoms with Crippen LogP contribution in [0.4, 0.5) is 15.4 Å². The minimum absolute atomic E-state index is 0.108. The summed E-state index contributed by atoms with van der Waals surface area (Å²) in [6.07, 6.45) is 6.55. The quantitative estimate of drug-likeness (QED) is 0.506. The molecule has 1 aromatic carbocycles. The molecule has 2 heterocycles. The van der Waals surface area contributed by atoms with E-state index >= 15 is 0 Å². The second-order valence-electron chi connectivity index (χ2n) is 8.68. The van der Waals surface area contributed by atoms with Crippen molar-refractivity contribution in [2.24, 2.45) is 5.73 Å². The topological polar surface area (TPSA) is 133 Å². The molecule has 1 fully saturated rings. The van der Waals surface area contributed by atoms with Crippen molar-refractivity contribution in [2.45, 2.75) is 50.8 Å². The van der Waals surface area contributed by atoms with Gasteiger partial charge in [0.15, 0.2) is 0 Å². The summed E-state index contributed by atoms with van der Waals surface area (Å²) < 4.78 is 10.2. The van der Waals surface area contributed by atoms with Crippen molar-refractivity contribution in [2.75, 3.05) is 12.0 Å². The first kappa shape index (κ1) is 24.9. The van der Waals surface area contributed by atoms with Crippen molar-refractivity contribution in [1.82, 2.24) is 20.3 Å². The number of ether oxygens (including phenoxy) is 2. The predicted octanol–water partition coefficient (Wildman–Crippen LogP) is 4.23. The smallest absolute Gasteiger partial charge is 0.404 e. The molecule has 0 bridgehead atoms. The molecule has 2 aromatic heterocycles. The summed E-state index contributed by atoms with van der Waals surface area (Å²) in [5.41, 5.74) is 7.79. The summed E-state index contributed by atoms with van der Waals surface area (Å²) in [6.45, 7) is 1.95. The van der Waals surface area contributed by atoms with Crippen LogP contribution in [0.15, 0.2) is 61.1 Å². The summed E-state index contributed by atoms with van der Waals surface area (Å²) in [7, 11) is 1.51. The van der Waals surface area contributed by atoms with Gasteiger partial charge in [-0.2, -0.15) is 0 Å². The van der Waals surface area contributed by atoms with E-state index in [0.29, 0.717) is 31.5 Å². The third kappa shape index (κ3) is 6.07. The fraction of sp³-hybridized carbons (Fsp3) is 0.346. The average Bonchev–Trinajstić information content (AvgIpc) is 2.90. The van der Waals surface area contributed by atoms with E-state index in [0.717, 1.165) is 16.7 Å². The van der Waals surface area contributed by atoms with Gasteiger partial charge in [-0.3, -0.25) is 4.90 Å². The van der Waals surface area contributed by atoms with Gasteiger partial charge in [-0.05, 0) is 50.3 Å². The summed E-state index contributed by atoms with van der Waals surface area (Å²) in [5.74, 6) is 0.533. The van der Waals surface area contributed by atoms with E-state index in [2.05, 4.69) is 20.3 Å². The number of nitrogens with two attached hydrogens (primary N) is 1. The zero-order chi connectivity index (χ0) is 25.5. The third-order valence-electron chi connectivity index (χ3n) is 6.29. The lowest BCUT2D eigenvalue weighted by molar-refractivity contribution is 0.0786. The van der Waals surface area contributed by atoms with E-state index in [1.54, 1.807) is 23.5 Å². The molecule has 4 rings (SSSR count). The van der Waals surface area contributed by atoms with Crippen molar-refractivity contribution < 1.29 is 19.1 Å². The minimum Gasteiger partial charge on any atom is -0.467 e. The Kier molecular flexibility index (Phi) is 7.94. The molecular weight excluding hydrogens is 460 g/mol. The van der Waals surface area contributed by atoms with E-state index in [1.165, 1.54) is 7.11 Å². The Bertz CT molecular complexity index is 1150. The van der Waals surface area contributed by atoms with Crippen molar-refractivity contribution in [3.63, 3.8) is 0 Å². The Morgan fingerprint density at radius 3 is 2.22 bits per heavy atom. The molecule has 0 radical (unpaired) electrons. The number of nitrogens with zero attached hydrogens (tertiary/aromatic N) is 4. The summed E-state index contributed by atoms with van der Waals surface area (Å²) in [5, 5.41) is 3.10. The molecule has 0 spiro atoms. The number of urea groups is 1. The molecular formula is C26H30N6O4. The molecule has 3 aromatic rings. The van der Waals surface area contributed by atoms with Gasteiger partial charge < -0.3 is 20.5 Å². The normalized spacial score (nSPS) is 18.1. The monoisotopic (exact) mass is 490 g/mol. The van der Waals surface area contributed by atoms with Gasteiger partial charge in [0.1, 0.15) is 11.9 Å². The summed E-state index contributed by atoms with van der Waals surface area (Å²) in [4.78, 5) is 39.3. The van der Waals surface area contributed by atoms with Crippen LogP contribution in [0.25, 0.3) is 11.1 Å². The number of aromatic nitrogens is 3. The van der Waals surface area contributed by atoms with Gasteiger partial charge in [0.2, 0.25) is 0 Å². The number of rotatable bonds is 7. The number of nitrogens with one attached hydrogen (secondary N) is 1. The fourth-order valence-corrected chi connectivity index (χ4v) is 4.39. The highest BCUT2D eigenvalue weighted by Gasteiger charge is 2.32. The number of hydrogen-bond donors (Lipinski definition) is 2. The maximum atomic E-state index is 13.5. The summed E-state index contributed by atoms with van der Waals surface area (Å²) >= 11 is 0. The van der Waals surface area contributed by atoms with Gasteiger partial charge in [0.05, 0.1) is 13.2 Å². The van der Waals surface area contributed by atoms with Crippen LogP contribution in [-0.4, -0.2) is 46.3 Å². The summed E-state index contributed by atoms with van der Waals surface area (Å²) in [6, 6.07) is 13.2. The van der Waals surface area contributed by atoms with Crippen LogP contribution in [-0.2, 0) is 4.74 Å². The Balaban J connectivity index is 1.55. The molecule has 3 N–H and O–H groups in total. The van der Waals surface area contributed by atoms with Crippen LogP contribution >= 0.6 is 0 Å². The first-order chi connectivity index (χ1) is 17.4. The molecule has 1 aliphatic rings. The van der Waals surface area contributed by atoms with Crippen LogP contribution in [0.2, 0.25) is 0 Å². The standard InChI is InChI=1S/C26H30N6O4/c1-17(18-6-4-3-5-7-18)31-26(34)32(21-9-11-22(12-10-21)36-24(27)33)23-13-8-19(14-28-23)20-15-29-25(35-2)30-16-20/h3-8,13-17,21-22H,9-12H2,1-2H3,(H2,27,33)(H,31,34). The third-order valence-corrected chi connectivity index (χ3v) is 6.29. The maximum absolute atomic E-state index is 13.5. The number of carbonyl (C=O) groups excluding carboxylic acids is 2. The average molecular weight is 491 g/mol. The SMILES string of the molecule is COc1ncc(-c2ccc(N(C(=O)NC(C)c3ccccc3)C3CCC(OC(N)=O)CC3)nc2)cn1. The van der Waals surface area contributed by atoms with E-state index in [1.807, 2.05) is 49.4 Å².